The van der Waals surface area contributed by atoms with Crippen LogP contribution in [0.3, 0.4) is 0 Å². The molecule has 10 heteroatoms. The lowest BCUT2D eigenvalue weighted by Gasteiger charge is -2.44. The largest absolute Gasteiger partial charge is 0.416 e. The van der Waals surface area contributed by atoms with Gasteiger partial charge in [-0.1, -0.05) is 30.3 Å². The average Bonchev–Trinajstić information content (AvgIpc) is 3.37. The molecule has 220 valence electrons. The maximum atomic E-state index is 13.5. The van der Waals surface area contributed by atoms with Gasteiger partial charge < -0.3 is 19.1 Å². The molecule has 1 spiro atoms. The summed E-state index contributed by atoms with van der Waals surface area (Å²) < 4.78 is 99.1. The molecule has 4 atom stereocenters. The van der Waals surface area contributed by atoms with Crippen molar-refractivity contribution >= 4 is 0 Å². The summed E-state index contributed by atoms with van der Waals surface area (Å²) in [6, 6.07) is 11.2. The molecule has 0 aliphatic carbocycles. The summed E-state index contributed by atoms with van der Waals surface area (Å²) >= 11 is 0. The summed E-state index contributed by atoms with van der Waals surface area (Å²) in [5.74, 6) is -0.0944. The molecular formula is C30H35F6NO3. The summed E-state index contributed by atoms with van der Waals surface area (Å²) in [7, 11) is 0. The van der Waals surface area contributed by atoms with Gasteiger partial charge in [-0.15, -0.1) is 0 Å². The maximum absolute atomic E-state index is 13.5. The van der Waals surface area contributed by atoms with Crippen LogP contribution in [0.1, 0.15) is 73.3 Å². The van der Waals surface area contributed by atoms with Gasteiger partial charge in [-0.3, -0.25) is 0 Å². The molecule has 0 bridgehead atoms. The fourth-order valence-corrected chi connectivity index (χ4v) is 6.39. The minimum Gasteiger partial charge on any atom is -0.375 e. The van der Waals surface area contributed by atoms with Gasteiger partial charge in [0, 0.05) is 32.2 Å². The first-order chi connectivity index (χ1) is 18.9. The van der Waals surface area contributed by atoms with Gasteiger partial charge >= 0.3 is 12.4 Å². The highest BCUT2D eigenvalue weighted by Gasteiger charge is 2.42. The van der Waals surface area contributed by atoms with Crippen LogP contribution in [0.15, 0.2) is 48.5 Å². The van der Waals surface area contributed by atoms with Crippen LogP contribution in [0.5, 0.6) is 0 Å². The first-order valence-electron chi connectivity index (χ1n) is 13.9. The first kappa shape index (κ1) is 29.4. The van der Waals surface area contributed by atoms with Gasteiger partial charge in [0.05, 0.1) is 29.4 Å². The van der Waals surface area contributed by atoms with E-state index >= 15 is 0 Å². The Morgan fingerprint density at radius 1 is 0.925 bits per heavy atom. The van der Waals surface area contributed by atoms with Crippen LogP contribution in [0.2, 0.25) is 0 Å². The quantitative estimate of drug-likeness (QED) is 0.334. The maximum Gasteiger partial charge on any atom is 0.416 e. The molecule has 3 aliphatic rings. The van der Waals surface area contributed by atoms with E-state index in [0.717, 1.165) is 76.0 Å². The molecule has 5 rings (SSSR count). The third-order valence-electron chi connectivity index (χ3n) is 8.62. The van der Waals surface area contributed by atoms with Crippen LogP contribution in [-0.4, -0.2) is 49.6 Å². The van der Waals surface area contributed by atoms with E-state index in [1.807, 2.05) is 30.3 Å². The number of hydrogen-bond acceptors (Lipinski definition) is 4. The average molecular weight is 572 g/mol. The lowest BCUT2D eigenvalue weighted by atomic mass is 9.80. The number of halogens is 6. The topological polar surface area (TPSA) is 30.9 Å². The Bertz CT molecular complexity index is 1090. The van der Waals surface area contributed by atoms with Crippen LogP contribution in [0.4, 0.5) is 26.3 Å². The van der Waals surface area contributed by atoms with Crippen molar-refractivity contribution in [2.75, 3.05) is 32.8 Å². The lowest BCUT2D eigenvalue weighted by molar-refractivity contribution is -0.211. The van der Waals surface area contributed by atoms with E-state index in [1.54, 1.807) is 0 Å². The van der Waals surface area contributed by atoms with E-state index in [1.165, 1.54) is 6.92 Å². The minimum atomic E-state index is -4.93. The Morgan fingerprint density at radius 3 is 2.15 bits per heavy atom. The number of ether oxygens (including phenoxy) is 3. The van der Waals surface area contributed by atoms with Crippen LogP contribution in [0, 0.1) is 5.92 Å². The smallest absolute Gasteiger partial charge is 0.375 e. The third kappa shape index (κ3) is 6.66. The number of nitrogens with zero attached hydrogens (tertiary/aromatic N) is 1. The predicted molar refractivity (Wildman–Crippen MR) is 137 cm³/mol. The summed E-state index contributed by atoms with van der Waals surface area (Å²) in [6.07, 6.45) is -6.79. The van der Waals surface area contributed by atoms with Crippen LogP contribution in [0.25, 0.3) is 0 Å². The lowest BCUT2D eigenvalue weighted by Crippen LogP contribution is -2.48. The zero-order valence-electron chi connectivity index (χ0n) is 22.4. The third-order valence-corrected chi connectivity index (χ3v) is 8.62. The molecule has 2 aromatic carbocycles. The SMILES string of the molecule is C[C@@H](O[C@H]1OCC[C@H](CN2CCC3(CCCO3)CC2)[C@H]1c1ccccc1)c1cc(C(F)(F)F)cc(C(F)(F)F)c1. The molecule has 3 heterocycles. The fourth-order valence-electron chi connectivity index (χ4n) is 6.39. The van der Waals surface area contributed by atoms with Crippen molar-refractivity contribution < 1.29 is 40.6 Å². The highest BCUT2D eigenvalue weighted by molar-refractivity contribution is 5.35. The molecule has 4 nitrogen and oxygen atoms in total. The van der Waals surface area contributed by atoms with E-state index < -0.39 is 35.9 Å². The Balaban J connectivity index is 1.36. The Kier molecular flexibility index (Phi) is 8.53. The highest BCUT2D eigenvalue weighted by Crippen LogP contribution is 2.43. The molecule has 3 fully saturated rings. The molecule has 3 aliphatic heterocycles. The van der Waals surface area contributed by atoms with Crippen molar-refractivity contribution in [1.82, 2.24) is 4.90 Å². The number of piperidine rings is 1. The zero-order chi connectivity index (χ0) is 28.5. The van der Waals surface area contributed by atoms with Crippen molar-refractivity contribution in [3.63, 3.8) is 0 Å². The van der Waals surface area contributed by atoms with Gasteiger partial charge in [-0.05, 0) is 74.3 Å². The van der Waals surface area contributed by atoms with Gasteiger partial charge in [0.1, 0.15) is 0 Å². The Morgan fingerprint density at radius 2 is 1.57 bits per heavy atom. The molecule has 0 aromatic heterocycles. The molecule has 0 unspecified atom stereocenters. The van der Waals surface area contributed by atoms with Crippen molar-refractivity contribution in [3.8, 4) is 0 Å². The predicted octanol–water partition coefficient (Wildman–Crippen LogP) is 7.59. The highest BCUT2D eigenvalue weighted by atomic mass is 19.4. The molecule has 3 saturated heterocycles. The van der Waals surface area contributed by atoms with Gasteiger partial charge in [0.25, 0.3) is 0 Å². The monoisotopic (exact) mass is 571 g/mol. The van der Waals surface area contributed by atoms with E-state index in [0.29, 0.717) is 6.61 Å². The van der Waals surface area contributed by atoms with E-state index in [2.05, 4.69) is 4.90 Å². The van der Waals surface area contributed by atoms with Gasteiger partial charge in [-0.25, -0.2) is 0 Å². The van der Waals surface area contributed by atoms with E-state index in [-0.39, 0.29) is 29.1 Å². The summed E-state index contributed by atoms with van der Waals surface area (Å²) in [4.78, 5) is 2.43. The van der Waals surface area contributed by atoms with Crippen molar-refractivity contribution in [1.29, 1.82) is 0 Å². The van der Waals surface area contributed by atoms with Gasteiger partial charge in [0.15, 0.2) is 6.29 Å². The standard InChI is InChI=1S/C30H35F6NO3/c1-20(23-16-24(29(31,32)33)18-25(17-23)30(34,35)36)40-27-26(21-6-3-2-4-7-21)22(8-15-38-27)19-37-12-10-28(11-13-37)9-5-14-39-28/h2-4,6-7,16-18,20,22,26-27H,5,8-15,19H2,1H3/t20-,22-,26-,27-/m1/s1. The first-order valence-corrected chi connectivity index (χ1v) is 13.9. The molecule has 40 heavy (non-hydrogen) atoms. The zero-order valence-corrected chi connectivity index (χ0v) is 22.4. The second-order valence-electron chi connectivity index (χ2n) is 11.3. The van der Waals surface area contributed by atoms with Gasteiger partial charge in [0.2, 0.25) is 0 Å². The summed E-state index contributed by atoms with van der Waals surface area (Å²) in [6.45, 7) is 5.33. The van der Waals surface area contributed by atoms with E-state index in [9.17, 15) is 26.3 Å². The van der Waals surface area contributed by atoms with Crippen LogP contribution < -0.4 is 0 Å². The Hall–Kier alpha value is -2.14. The van der Waals surface area contributed by atoms with Crippen molar-refractivity contribution in [2.45, 2.75) is 75.3 Å². The van der Waals surface area contributed by atoms with E-state index in [4.69, 9.17) is 14.2 Å². The number of rotatable bonds is 6. The second-order valence-corrected chi connectivity index (χ2v) is 11.3. The molecule has 0 saturated carbocycles. The number of alkyl halides is 6. The van der Waals surface area contributed by atoms with Crippen molar-refractivity contribution in [3.05, 3.63) is 70.8 Å². The molecular weight excluding hydrogens is 536 g/mol. The summed E-state index contributed by atoms with van der Waals surface area (Å²) in [5, 5.41) is 0. The molecule has 2 aromatic rings. The minimum absolute atomic E-state index is 0.00626. The summed E-state index contributed by atoms with van der Waals surface area (Å²) in [5.41, 5.74) is -1.94. The van der Waals surface area contributed by atoms with Crippen LogP contribution >= 0.6 is 0 Å². The number of likely N-dealkylation sites (tertiary alicyclic amines) is 1. The van der Waals surface area contributed by atoms with Crippen molar-refractivity contribution in [2.24, 2.45) is 5.92 Å². The van der Waals surface area contributed by atoms with Crippen LogP contribution in [-0.2, 0) is 26.6 Å². The van der Waals surface area contributed by atoms with Gasteiger partial charge in [-0.2, -0.15) is 26.3 Å². The molecule has 0 amide bonds. The number of hydrogen-bond donors (Lipinski definition) is 0. The normalized spacial score (nSPS) is 26.7. The second kappa shape index (κ2) is 11.6. The molecule has 0 N–H and O–H groups in total. The number of benzene rings is 2. The Labute approximate surface area is 230 Å². The fraction of sp³-hybridized carbons (Fsp3) is 0.600. The molecule has 0 radical (unpaired) electrons.